The molecule has 2 unspecified atom stereocenters. The molecule has 0 fully saturated rings. The van der Waals surface area contributed by atoms with Gasteiger partial charge in [0.1, 0.15) is 0 Å². The molecule has 0 saturated carbocycles. The maximum atomic E-state index is 3.79. The maximum absolute atomic E-state index is 3.79. The zero-order chi connectivity index (χ0) is 12.0. The maximum Gasteiger partial charge on any atom is 0.0220 e. The minimum absolute atomic E-state index is 0.604. The SMILES string of the molecule is CCC(NC(CN(C)C)C(C)C)C(C)C. The van der Waals surface area contributed by atoms with Gasteiger partial charge < -0.3 is 10.2 Å². The molecule has 2 atom stereocenters. The van der Waals surface area contributed by atoms with Crippen LogP contribution in [0.5, 0.6) is 0 Å². The van der Waals surface area contributed by atoms with E-state index in [-0.39, 0.29) is 0 Å². The summed E-state index contributed by atoms with van der Waals surface area (Å²) < 4.78 is 0. The molecule has 0 aliphatic carbocycles. The van der Waals surface area contributed by atoms with Gasteiger partial charge in [-0.15, -0.1) is 0 Å². The number of nitrogens with one attached hydrogen (secondary N) is 1. The molecule has 2 nitrogen and oxygen atoms in total. The van der Waals surface area contributed by atoms with Crippen molar-refractivity contribution in [1.82, 2.24) is 10.2 Å². The summed E-state index contributed by atoms with van der Waals surface area (Å²) in [7, 11) is 4.29. The molecule has 15 heavy (non-hydrogen) atoms. The van der Waals surface area contributed by atoms with Crippen molar-refractivity contribution in [3.05, 3.63) is 0 Å². The van der Waals surface area contributed by atoms with Gasteiger partial charge in [0.25, 0.3) is 0 Å². The molecule has 0 saturated heterocycles. The lowest BCUT2D eigenvalue weighted by Crippen LogP contribution is -2.48. The fraction of sp³-hybridized carbons (Fsp3) is 1.00. The highest BCUT2D eigenvalue weighted by atomic mass is 15.1. The molecule has 0 radical (unpaired) electrons. The molecular weight excluding hydrogens is 184 g/mol. The summed E-state index contributed by atoms with van der Waals surface area (Å²) in [5.41, 5.74) is 0. The fourth-order valence-electron chi connectivity index (χ4n) is 1.91. The molecule has 0 aromatic rings. The van der Waals surface area contributed by atoms with E-state index in [9.17, 15) is 0 Å². The van der Waals surface area contributed by atoms with Crippen molar-refractivity contribution in [2.24, 2.45) is 11.8 Å². The average Bonchev–Trinajstić information content (AvgIpc) is 2.10. The van der Waals surface area contributed by atoms with E-state index < -0.39 is 0 Å². The van der Waals surface area contributed by atoms with Gasteiger partial charge in [0.2, 0.25) is 0 Å². The van der Waals surface area contributed by atoms with Crippen LogP contribution in [0.25, 0.3) is 0 Å². The van der Waals surface area contributed by atoms with Gasteiger partial charge in [-0.2, -0.15) is 0 Å². The summed E-state index contributed by atoms with van der Waals surface area (Å²) in [5, 5.41) is 3.79. The topological polar surface area (TPSA) is 15.3 Å². The van der Waals surface area contributed by atoms with Gasteiger partial charge >= 0.3 is 0 Å². The van der Waals surface area contributed by atoms with E-state index >= 15 is 0 Å². The van der Waals surface area contributed by atoms with Gasteiger partial charge in [-0.05, 0) is 32.4 Å². The van der Waals surface area contributed by atoms with Crippen LogP contribution >= 0.6 is 0 Å². The minimum atomic E-state index is 0.604. The third-order valence-electron chi connectivity index (χ3n) is 3.04. The van der Waals surface area contributed by atoms with Crippen LogP contribution in [0.1, 0.15) is 41.0 Å². The van der Waals surface area contributed by atoms with Crippen LogP contribution in [0.15, 0.2) is 0 Å². The molecule has 0 aliphatic rings. The molecule has 0 aromatic carbocycles. The second kappa shape index (κ2) is 7.24. The standard InChI is InChI=1S/C13H30N2/c1-8-12(10(2)3)14-13(11(4)5)9-15(6)7/h10-14H,8-9H2,1-7H3. The van der Waals surface area contributed by atoms with E-state index in [0.29, 0.717) is 18.0 Å². The lowest BCUT2D eigenvalue weighted by atomic mass is 9.97. The Kier molecular flexibility index (Phi) is 7.20. The summed E-state index contributed by atoms with van der Waals surface area (Å²) in [6.07, 6.45) is 1.22. The molecule has 0 amide bonds. The zero-order valence-corrected chi connectivity index (χ0v) is 11.7. The number of hydrogen-bond acceptors (Lipinski definition) is 2. The summed E-state index contributed by atoms with van der Waals surface area (Å²) in [6, 6.07) is 1.25. The molecule has 0 spiro atoms. The molecule has 1 N–H and O–H groups in total. The molecule has 2 heteroatoms. The van der Waals surface area contributed by atoms with Gasteiger partial charge in [-0.3, -0.25) is 0 Å². The fourth-order valence-corrected chi connectivity index (χ4v) is 1.91. The second-order valence-electron chi connectivity index (χ2n) is 5.54. The Morgan fingerprint density at radius 2 is 1.40 bits per heavy atom. The van der Waals surface area contributed by atoms with Crippen molar-refractivity contribution in [1.29, 1.82) is 0 Å². The lowest BCUT2D eigenvalue weighted by molar-refractivity contribution is 0.244. The van der Waals surface area contributed by atoms with Gasteiger partial charge in [-0.1, -0.05) is 34.6 Å². The van der Waals surface area contributed by atoms with Crippen LogP contribution in [-0.4, -0.2) is 37.6 Å². The van der Waals surface area contributed by atoms with E-state index in [1.165, 1.54) is 6.42 Å². The van der Waals surface area contributed by atoms with Crippen LogP contribution in [0.2, 0.25) is 0 Å². The van der Waals surface area contributed by atoms with Crippen molar-refractivity contribution in [3.63, 3.8) is 0 Å². The highest BCUT2D eigenvalue weighted by Gasteiger charge is 2.19. The summed E-state index contributed by atoms with van der Waals surface area (Å²) in [4.78, 5) is 2.27. The van der Waals surface area contributed by atoms with Crippen molar-refractivity contribution in [3.8, 4) is 0 Å². The number of rotatable bonds is 7. The van der Waals surface area contributed by atoms with Crippen LogP contribution in [0, 0.1) is 11.8 Å². The Labute approximate surface area is 96.4 Å². The molecule has 0 aromatic heterocycles. The average molecular weight is 214 g/mol. The van der Waals surface area contributed by atoms with E-state index in [2.05, 4.69) is 58.9 Å². The summed E-state index contributed by atoms with van der Waals surface area (Å²) in [5.74, 6) is 1.42. The number of likely N-dealkylation sites (N-methyl/N-ethyl adjacent to an activating group) is 1. The lowest BCUT2D eigenvalue weighted by Gasteiger charge is -2.32. The molecule has 0 aliphatic heterocycles. The normalized spacial score (nSPS) is 16.4. The Morgan fingerprint density at radius 1 is 0.933 bits per heavy atom. The third-order valence-corrected chi connectivity index (χ3v) is 3.04. The summed E-state index contributed by atoms with van der Waals surface area (Å²) in [6.45, 7) is 12.6. The van der Waals surface area contributed by atoms with Gasteiger partial charge in [0.15, 0.2) is 0 Å². The molecule has 92 valence electrons. The molecular formula is C13H30N2. The second-order valence-corrected chi connectivity index (χ2v) is 5.54. The Hall–Kier alpha value is -0.0800. The Bertz CT molecular complexity index is 153. The number of nitrogens with zero attached hydrogens (tertiary/aromatic N) is 1. The van der Waals surface area contributed by atoms with Crippen molar-refractivity contribution in [2.45, 2.75) is 53.1 Å². The first-order chi connectivity index (χ1) is 6.88. The van der Waals surface area contributed by atoms with Crippen molar-refractivity contribution < 1.29 is 0 Å². The predicted octanol–water partition coefficient (Wildman–Crippen LogP) is 2.60. The van der Waals surface area contributed by atoms with Crippen LogP contribution in [0.3, 0.4) is 0 Å². The minimum Gasteiger partial charge on any atom is -0.309 e. The summed E-state index contributed by atoms with van der Waals surface area (Å²) >= 11 is 0. The van der Waals surface area contributed by atoms with Crippen LogP contribution in [0.4, 0.5) is 0 Å². The van der Waals surface area contributed by atoms with E-state index in [4.69, 9.17) is 0 Å². The van der Waals surface area contributed by atoms with Gasteiger partial charge in [-0.25, -0.2) is 0 Å². The first-order valence-corrected chi connectivity index (χ1v) is 6.29. The van der Waals surface area contributed by atoms with Crippen molar-refractivity contribution >= 4 is 0 Å². The predicted molar refractivity (Wildman–Crippen MR) is 69.2 cm³/mol. The first kappa shape index (κ1) is 14.9. The highest BCUT2D eigenvalue weighted by Crippen LogP contribution is 2.10. The molecule has 0 heterocycles. The van der Waals surface area contributed by atoms with E-state index in [0.717, 1.165) is 12.5 Å². The largest absolute Gasteiger partial charge is 0.309 e. The zero-order valence-electron chi connectivity index (χ0n) is 11.7. The highest BCUT2D eigenvalue weighted by molar-refractivity contribution is 4.79. The first-order valence-electron chi connectivity index (χ1n) is 6.29. The molecule has 0 rings (SSSR count). The van der Waals surface area contributed by atoms with E-state index in [1.54, 1.807) is 0 Å². The van der Waals surface area contributed by atoms with E-state index in [1.807, 2.05) is 0 Å². The van der Waals surface area contributed by atoms with Gasteiger partial charge in [0, 0.05) is 18.6 Å². The van der Waals surface area contributed by atoms with Crippen LogP contribution < -0.4 is 5.32 Å². The van der Waals surface area contributed by atoms with Crippen LogP contribution in [-0.2, 0) is 0 Å². The quantitative estimate of drug-likeness (QED) is 0.701. The Morgan fingerprint density at radius 3 is 1.67 bits per heavy atom. The molecule has 0 bridgehead atoms. The smallest absolute Gasteiger partial charge is 0.0220 e. The monoisotopic (exact) mass is 214 g/mol. The van der Waals surface area contributed by atoms with Crippen molar-refractivity contribution in [2.75, 3.05) is 20.6 Å². The third kappa shape index (κ3) is 6.16. The number of hydrogen-bond donors (Lipinski definition) is 1. The van der Waals surface area contributed by atoms with Gasteiger partial charge in [0.05, 0.1) is 0 Å². The Balaban J connectivity index is 4.25.